The highest BCUT2D eigenvalue weighted by atomic mass is 79.9. The van der Waals surface area contributed by atoms with Gasteiger partial charge < -0.3 is 20.6 Å². The van der Waals surface area contributed by atoms with E-state index in [4.69, 9.17) is 0 Å². The number of thioether (sulfide) groups is 1. The molecule has 3 aliphatic rings. The lowest BCUT2D eigenvalue weighted by molar-refractivity contribution is -0.143. The van der Waals surface area contributed by atoms with E-state index < -0.39 is 28.7 Å². The summed E-state index contributed by atoms with van der Waals surface area (Å²) in [6.07, 6.45) is 2.46. The molecule has 170 valence electrons. The van der Waals surface area contributed by atoms with Gasteiger partial charge in [-0.1, -0.05) is 43.1 Å². The third-order valence-corrected chi connectivity index (χ3v) is 10.2. The van der Waals surface area contributed by atoms with E-state index in [0.717, 1.165) is 12.8 Å². The molecule has 3 saturated heterocycles. The molecule has 0 saturated carbocycles. The minimum atomic E-state index is -0.696. The second-order valence-corrected chi connectivity index (χ2v) is 11.9. The molecule has 7 nitrogen and oxygen atoms in total. The molecule has 1 spiro atoms. The zero-order valence-corrected chi connectivity index (χ0v) is 20.8. The second-order valence-electron chi connectivity index (χ2n) is 9.22. The fourth-order valence-corrected chi connectivity index (χ4v) is 9.24. The summed E-state index contributed by atoms with van der Waals surface area (Å²) in [6, 6.07) is -1.16. The molecule has 0 aliphatic carbocycles. The van der Waals surface area contributed by atoms with Crippen LogP contribution >= 0.6 is 27.7 Å². The number of aliphatic hydroxyl groups is 1. The van der Waals surface area contributed by atoms with Crippen molar-refractivity contribution in [2.75, 3.05) is 13.7 Å². The van der Waals surface area contributed by atoms with Crippen molar-refractivity contribution in [1.29, 1.82) is 0 Å². The summed E-state index contributed by atoms with van der Waals surface area (Å²) in [7, 11) is 1.59. The summed E-state index contributed by atoms with van der Waals surface area (Å²) in [5, 5.41) is 15.9. The SMILES string of the molecule is CCCC(C)NC(=O)C1N([C@@H](CO)C(C)C)C(=O)[C@@H]2[C@@H](C(=O)NC)[C@@H]3SC12CC3Br. The van der Waals surface area contributed by atoms with Gasteiger partial charge in [-0.15, -0.1) is 11.8 Å². The number of likely N-dealkylation sites (tertiary alicyclic amines) is 1. The Hall–Kier alpha value is -0.800. The first-order valence-corrected chi connectivity index (χ1v) is 12.7. The second kappa shape index (κ2) is 8.98. The van der Waals surface area contributed by atoms with Gasteiger partial charge in [-0.3, -0.25) is 14.4 Å². The fourth-order valence-electron chi connectivity index (χ4n) is 5.64. The van der Waals surface area contributed by atoms with Crippen LogP contribution in [0, 0.1) is 17.8 Å². The van der Waals surface area contributed by atoms with Gasteiger partial charge >= 0.3 is 0 Å². The normalized spacial score (nSPS) is 36.7. The molecule has 3 amide bonds. The number of carbonyl (C=O) groups is 3. The molecular weight excluding hydrogens is 470 g/mol. The number of hydrogen-bond donors (Lipinski definition) is 3. The van der Waals surface area contributed by atoms with Crippen molar-refractivity contribution in [3.05, 3.63) is 0 Å². The first-order valence-electron chi connectivity index (χ1n) is 10.9. The maximum atomic E-state index is 13.8. The number of nitrogens with zero attached hydrogens (tertiary/aromatic N) is 1. The van der Waals surface area contributed by atoms with Crippen LogP contribution in [0.3, 0.4) is 0 Å². The van der Waals surface area contributed by atoms with Gasteiger partial charge in [-0.05, 0) is 25.7 Å². The third-order valence-electron chi connectivity index (χ3n) is 6.95. The first kappa shape index (κ1) is 23.9. The van der Waals surface area contributed by atoms with Gasteiger partial charge in [0.15, 0.2) is 0 Å². The van der Waals surface area contributed by atoms with Gasteiger partial charge in [0.05, 0.1) is 29.2 Å². The molecule has 3 N–H and O–H groups in total. The highest BCUT2D eigenvalue weighted by Gasteiger charge is 2.76. The van der Waals surface area contributed by atoms with Crippen LogP contribution in [-0.2, 0) is 14.4 Å². The molecule has 4 unspecified atom stereocenters. The molecule has 8 atom stereocenters. The van der Waals surface area contributed by atoms with Crippen molar-refractivity contribution in [3.8, 4) is 0 Å². The number of halogens is 1. The molecule has 0 radical (unpaired) electrons. The molecule has 3 rings (SSSR count). The number of amides is 3. The van der Waals surface area contributed by atoms with E-state index in [1.54, 1.807) is 23.7 Å². The van der Waals surface area contributed by atoms with E-state index in [-0.39, 0.29) is 46.4 Å². The first-order chi connectivity index (χ1) is 14.1. The molecule has 30 heavy (non-hydrogen) atoms. The Morgan fingerprint density at radius 1 is 1.33 bits per heavy atom. The van der Waals surface area contributed by atoms with Crippen LogP contribution in [0.5, 0.6) is 0 Å². The monoisotopic (exact) mass is 503 g/mol. The van der Waals surface area contributed by atoms with E-state index >= 15 is 0 Å². The Kier molecular flexibility index (Phi) is 7.14. The third kappa shape index (κ3) is 3.58. The maximum Gasteiger partial charge on any atom is 0.244 e. The quantitative estimate of drug-likeness (QED) is 0.436. The zero-order chi connectivity index (χ0) is 22.4. The summed E-state index contributed by atoms with van der Waals surface area (Å²) in [5.74, 6) is -1.54. The van der Waals surface area contributed by atoms with Crippen molar-refractivity contribution in [3.63, 3.8) is 0 Å². The predicted molar refractivity (Wildman–Crippen MR) is 121 cm³/mol. The lowest BCUT2D eigenvalue weighted by Crippen LogP contribution is -2.58. The van der Waals surface area contributed by atoms with Gasteiger partial charge in [0, 0.05) is 23.2 Å². The summed E-state index contributed by atoms with van der Waals surface area (Å²) in [4.78, 5) is 41.8. The molecular formula is C21H34BrN3O4S. The molecule has 0 aromatic heterocycles. The molecule has 2 bridgehead atoms. The van der Waals surface area contributed by atoms with Crippen LogP contribution < -0.4 is 10.6 Å². The number of fused-ring (bicyclic) bond motifs is 1. The Bertz CT molecular complexity index is 708. The summed E-state index contributed by atoms with van der Waals surface area (Å²) in [5.41, 5.74) is 0. The minimum Gasteiger partial charge on any atom is -0.394 e. The maximum absolute atomic E-state index is 13.8. The van der Waals surface area contributed by atoms with Crippen LogP contribution in [0.25, 0.3) is 0 Å². The van der Waals surface area contributed by atoms with E-state index in [2.05, 4.69) is 33.5 Å². The van der Waals surface area contributed by atoms with E-state index in [1.165, 1.54) is 0 Å². The van der Waals surface area contributed by atoms with E-state index in [0.29, 0.717) is 6.42 Å². The van der Waals surface area contributed by atoms with E-state index in [1.807, 2.05) is 20.8 Å². The van der Waals surface area contributed by atoms with Crippen LogP contribution in [0.4, 0.5) is 0 Å². The Morgan fingerprint density at radius 3 is 2.53 bits per heavy atom. The van der Waals surface area contributed by atoms with Gasteiger partial charge in [0.2, 0.25) is 17.7 Å². The van der Waals surface area contributed by atoms with Crippen molar-refractivity contribution < 1.29 is 19.5 Å². The fraction of sp³-hybridized carbons (Fsp3) is 0.857. The number of carbonyl (C=O) groups excluding carboxylic acids is 3. The van der Waals surface area contributed by atoms with Gasteiger partial charge in [0.25, 0.3) is 0 Å². The number of rotatable bonds is 8. The molecule has 3 aliphatic heterocycles. The highest BCUT2D eigenvalue weighted by molar-refractivity contribution is 9.09. The summed E-state index contributed by atoms with van der Waals surface area (Å²) >= 11 is 5.35. The number of alkyl halides is 1. The summed E-state index contributed by atoms with van der Waals surface area (Å²) in [6.45, 7) is 7.73. The van der Waals surface area contributed by atoms with Crippen molar-refractivity contribution in [1.82, 2.24) is 15.5 Å². The molecule has 0 aromatic rings. The van der Waals surface area contributed by atoms with Crippen molar-refractivity contribution in [2.24, 2.45) is 17.8 Å². The molecule has 0 aromatic carbocycles. The molecule has 3 fully saturated rings. The zero-order valence-electron chi connectivity index (χ0n) is 18.4. The van der Waals surface area contributed by atoms with Crippen LogP contribution in [0.2, 0.25) is 0 Å². The Labute approximate surface area is 191 Å². The van der Waals surface area contributed by atoms with Gasteiger partial charge in [-0.25, -0.2) is 0 Å². The topological polar surface area (TPSA) is 98.7 Å². The number of hydrogen-bond acceptors (Lipinski definition) is 5. The minimum absolute atomic E-state index is 0.000337. The molecule has 9 heteroatoms. The number of nitrogens with one attached hydrogen (secondary N) is 2. The van der Waals surface area contributed by atoms with Gasteiger partial charge in [-0.2, -0.15) is 0 Å². The summed E-state index contributed by atoms with van der Waals surface area (Å²) < 4.78 is -0.661. The Balaban J connectivity index is 2.07. The number of aliphatic hydroxyl groups excluding tert-OH is 1. The lowest BCUT2D eigenvalue weighted by atomic mass is 9.70. The van der Waals surface area contributed by atoms with Crippen LogP contribution in [0.15, 0.2) is 0 Å². The highest BCUT2D eigenvalue weighted by Crippen LogP contribution is 2.68. The van der Waals surface area contributed by atoms with Crippen LogP contribution in [0.1, 0.15) is 47.0 Å². The smallest absolute Gasteiger partial charge is 0.244 e. The van der Waals surface area contributed by atoms with Crippen LogP contribution in [-0.4, -0.2) is 74.3 Å². The van der Waals surface area contributed by atoms with Crippen molar-refractivity contribution in [2.45, 2.75) is 79.9 Å². The standard InChI is InChI=1S/C21H34BrN3O4S/c1-6-7-11(4)24-19(28)17-21-8-12(22)16(30-21)14(18(27)23-5)15(21)20(29)25(17)13(9-26)10(2)3/h10-17,26H,6-9H2,1-5H3,(H,23,27)(H,24,28)/t11?,12?,13-,14+,15-,16+,17?,21?/m0/s1. The average molecular weight is 504 g/mol. The molecule has 3 heterocycles. The van der Waals surface area contributed by atoms with E-state index in [9.17, 15) is 19.5 Å². The average Bonchev–Trinajstić information content (AvgIpc) is 3.26. The van der Waals surface area contributed by atoms with Crippen molar-refractivity contribution >= 4 is 45.4 Å². The largest absolute Gasteiger partial charge is 0.394 e. The van der Waals surface area contributed by atoms with Gasteiger partial charge in [0.1, 0.15) is 6.04 Å². The predicted octanol–water partition coefficient (Wildman–Crippen LogP) is 1.52. The lowest BCUT2D eigenvalue weighted by Gasteiger charge is -2.39. The Morgan fingerprint density at radius 2 is 2.00 bits per heavy atom.